The Labute approximate surface area is 116 Å². The molecule has 0 fully saturated rings. The summed E-state index contributed by atoms with van der Waals surface area (Å²) in [4.78, 5) is 29.5. The molecule has 0 aliphatic rings. The summed E-state index contributed by atoms with van der Waals surface area (Å²) in [6.45, 7) is 1.54. The highest BCUT2D eigenvalue weighted by Crippen LogP contribution is 2.30. The van der Waals surface area contributed by atoms with Crippen LogP contribution in [-0.2, 0) is 6.18 Å². The van der Waals surface area contributed by atoms with Gasteiger partial charge in [-0.3, -0.25) is 9.59 Å². The predicted molar refractivity (Wildman–Crippen MR) is 69.0 cm³/mol. The van der Waals surface area contributed by atoms with Gasteiger partial charge in [0.05, 0.1) is 5.56 Å². The number of nitrogens with zero attached hydrogens (tertiary/aromatic N) is 1. The highest BCUT2D eigenvalue weighted by atomic mass is 19.4. The summed E-state index contributed by atoms with van der Waals surface area (Å²) in [5.41, 5.74) is -1.89. The summed E-state index contributed by atoms with van der Waals surface area (Å²) in [5.74, 6) is -0.501. The van der Waals surface area contributed by atoms with Crippen molar-refractivity contribution in [3.05, 3.63) is 57.8 Å². The summed E-state index contributed by atoms with van der Waals surface area (Å²) in [5, 5.41) is 2.23. The maximum absolute atomic E-state index is 12.6. The molecular weight excluding hydrogens is 287 g/mol. The molecule has 1 amide bonds. The number of nitrogens with one attached hydrogen (secondary N) is 2. The molecule has 0 atom stereocenters. The van der Waals surface area contributed by atoms with Crippen LogP contribution in [0.1, 0.15) is 21.7 Å². The quantitative estimate of drug-likeness (QED) is 0.893. The summed E-state index contributed by atoms with van der Waals surface area (Å²) < 4.78 is 37.7. The Morgan fingerprint density at radius 1 is 1.33 bits per heavy atom. The second-order valence-corrected chi connectivity index (χ2v) is 4.24. The van der Waals surface area contributed by atoms with E-state index in [0.29, 0.717) is 5.82 Å². The lowest BCUT2D eigenvalue weighted by atomic mass is 10.2. The Hall–Kier alpha value is -2.64. The van der Waals surface area contributed by atoms with Gasteiger partial charge in [-0.05, 0) is 25.1 Å². The van der Waals surface area contributed by atoms with Gasteiger partial charge in [-0.1, -0.05) is 6.07 Å². The molecular formula is C13H10F3N3O2. The van der Waals surface area contributed by atoms with Crippen molar-refractivity contribution < 1.29 is 18.0 Å². The molecule has 2 aromatic rings. The molecule has 2 rings (SSSR count). The number of aromatic nitrogens is 2. The number of halogens is 3. The average Bonchev–Trinajstić information content (AvgIpc) is 2.37. The lowest BCUT2D eigenvalue weighted by Gasteiger charge is -2.09. The van der Waals surface area contributed by atoms with Gasteiger partial charge < -0.3 is 10.3 Å². The van der Waals surface area contributed by atoms with Crippen LogP contribution in [-0.4, -0.2) is 15.9 Å². The number of carbonyl (C=O) groups is 1. The van der Waals surface area contributed by atoms with Crippen LogP contribution in [0.2, 0.25) is 0 Å². The summed E-state index contributed by atoms with van der Waals surface area (Å²) in [6.07, 6.45) is -3.44. The van der Waals surface area contributed by atoms with Crippen molar-refractivity contribution in [2.45, 2.75) is 13.1 Å². The second-order valence-electron chi connectivity index (χ2n) is 4.24. The van der Waals surface area contributed by atoms with Crippen molar-refractivity contribution in [3.8, 4) is 0 Å². The lowest BCUT2D eigenvalue weighted by molar-refractivity contribution is -0.137. The number of benzene rings is 1. The van der Waals surface area contributed by atoms with Gasteiger partial charge in [-0.2, -0.15) is 13.2 Å². The van der Waals surface area contributed by atoms with Gasteiger partial charge in [0.1, 0.15) is 11.4 Å². The van der Waals surface area contributed by atoms with Gasteiger partial charge >= 0.3 is 6.18 Å². The zero-order valence-electron chi connectivity index (χ0n) is 10.8. The van der Waals surface area contributed by atoms with Crippen LogP contribution in [0.5, 0.6) is 0 Å². The maximum Gasteiger partial charge on any atom is 0.416 e. The number of carbonyl (C=O) groups excluding carboxylic acids is 1. The largest absolute Gasteiger partial charge is 0.416 e. The number of alkyl halides is 3. The summed E-state index contributed by atoms with van der Waals surface area (Å²) >= 11 is 0. The second kappa shape index (κ2) is 5.39. The number of hydrogen-bond acceptors (Lipinski definition) is 3. The first-order chi connectivity index (χ1) is 9.77. The highest BCUT2D eigenvalue weighted by molar-refractivity contribution is 6.03. The standard InChI is InChI=1S/C13H10F3N3O2/c1-7-17-6-10(11(20)18-7)12(21)19-9-4-2-3-8(5-9)13(14,15)16/h2-6H,1H3,(H,19,21)(H,17,18,20). The molecule has 0 spiro atoms. The van der Waals surface area contributed by atoms with Crippen molar-refractivity contribution >= 4 is 11.6 Å². The predicted octanol–water partition coefficient (Wildman–Crippen LogP) is 2.35. The number of anilines is 1. The minimum absolute atomic E-state index is 0.0604. The van der Waals surface area contributed by atoms with Crippen molar-refractivity contribution in [1.29, 1.82) is 0 Å². The molecule has 0 aliphatic carbocycles. The van der Waals surface area contributed by atoms with Gasteiger partial charge in [0.25, 0.3) is 11.5 Å². The monoisotopic (exact) mass is 297 g/mol. The number of aryl methyl sites for hydroxylation is 1. The fourth-order valence-corrected chi connectivity index (χ4v) is 1.62. The maximum atomic E-state index is 12.6. The Bertz CT molecular complexity index is 738. The molecule has 0 saturated carbocycles. The van der Waals surface area contributed by atoms with Crippen LogP contribution in [0.3, 0.4) is 0 Å². The zero-order chi connectivity index (χ0) is 15.6. The number of amides is 1. The number of hydrogen-bond donors (Lipinski definition) is 2. The fourth-order valence-electron chi connectivity index (χ4n) is 1.62. The minimum atomic E-state index is -4.51. The third-order valence-corrected chi connectivity index (χ3v) is 2.62. The first-order valence-electron chi connectivity index (χ1n) is 5.82. The van der Waals surface area contributed by atoms with Crippen LogP contribution in [0, 0.1) is 6.92 Å². The molecule has 21 heavy (non-hydrogen) atoms. The number of aromatic amines is 1. The van der Waals surface area contributed by atoms with Gasteiger partial charge in [-0.25, -0.2) is 4.98 Å². The normalized spacial score (nSPS) is 11.2. The lowest BCUT2D eigenvalue weighted by Crippen LogP contribution is -2.24. The van der Waals surface area contributed by atoms with E-state index >= 15 is 0 Å². The number of H-pyrrole nitrogens is 1. The van der Waals surface area contributed by atoms with Crippen LogP contribution < -0.4 is 10.9 Å². The van der Waals surface area contributed by atoms with Crippen LogP contribution in [0.25, 0.3) is 0 Å². The van der Waals surface area contributed by atoms with E-state index in [1.807, 2.05) is 0 Å². The van der Waals surface area contributed by atoms with E-state index in [2.05, 4.69) is 15.3 Å². The van der Waals surface area contributed by atoms with Crippen LogP contribution >= 0.6 is 0 Å². The van der Waals surface area contributed by atoms with Crippen LogP contribution in [0.15, 0.2) is 35.3 Å². The Kier molecular flexibility index (Phi) is 3.79. The van der Waals surface area contributed by atoms with Crippen molar-refractivity contribution in [2.75, 3.05) is 5.32 Å². The smallest absolute Gasteiger partial charge is 0.322 e. The van der Waals surface area contributed by atoms with Gasteiger partial charge in [-0.15, -0.1) is 0 Å². The van der Waals surface area contributed by atoms with Gasteiger partial charge in [0, 0.05) is 11.9 Å². The van der Waals surface area contributed by atoms with E-state index in [-0.39, 0.29) is 11.3 Å². The van der Waals surface area contributed by atoms with Gasteiger partial charge in [0.2, 0.25) is 0 Å². The molecule has 0 saturated heterocycles. The van der Waals surface area contributed by atoms with E-state index in [1.165, 1.54) is 13.0 Å². The highest BCUT2D eigenvalue weighted by Gasteiger charge is 2.30. The van der Waals surface area contributed by atoms with Crippen molar-refractivity contribution in [2.24, 2.45) is 0 Å². The van der Waals surface area contributed by atoms with Crippen LogP contribution in [0.4, 0.5) is 18.9 Å². The van der Waals surface area contributed by atoms with Gasteiger partial charge in [0.15, 0.2) is 0 Å². The molecule has 2 N–H and O–H groups in total. The van der Waals surface area contributed by atoms with E-state index in [9.17, 15) is 22.8 Å². The molecule has 0 unspecified atom stereocenters. The summed E-state index contributed by atoms with van der Waals surface area (Å²) in [7, 11) is 0. The van der Waals surface area contributed by atoms with E-state index in [4.69, 9.17) is 0 Å². The fraction of sp³-hybridized carbons (Fsp3) is 0.154. The van der Waals surface area contributed by atoms with Crippen molar-refractivity contribution in [1.82, 2.24) is 9.97 Å². The first kappa shape index (κ1) is 14.8. The molecule has 0 aliphatic heterocycles. The van der Waals surface area contributed by atoms with E-state index in [0.717, 1.165) is 24.4 Å². The molecule has 1 aromatic carbocycles. The van der Waals surface area contributed by atoms with Crippen molar-refractivity contribution in [3.63, 3.8) is 0 Å². The Morgan fingerprint density at radius 2 is 2.05 bits per heavy atom. The molecule has 1 heterocycles. The molecule has 110 valence electrons. The zero-order valence-corrected chi connectivity index (χ0v) is 10.8. The Balaban J connectivity index is 2.26. The first-order valence-corrected chi connectivity index (χ1v) is 5.82. The molecule has 0 radical (unpaired) electrons. The number of rotatable bonds is 2. The molecule has 0 bridgehead atoms. The molecule has 8 heteroatoms. The Morgan fingerprint density at radius 3 is 2.67 bits per heavy atom. The topological polar surface area (TPSA) is 74.8 Å². The average molecular weight is 297 g/mol. The summed E-state index contributed by atoms with van der Waals surface area (Å²) in [6, 6.07) is 4.13. The minimum Gasteiger partial charge on any atom is -0.322 e. The third-order valence-electron chi connectivity index (χ3n) is 2.62. The van der Waals surface area contributed by atoms with E-state index < -0.39 is 23.2 Å². The molecule has 1 aromatic heterocycles. The molecule has 5 nitrogen and oxygen atoms in total. The third kappa shape index (κ3) is 3.47. The SMILES string of the molecule is Cc1ncc(C(=O)Nc2cccc(C(F)(F)F)c2)c(=O)[nH]1. The van der Waals surface area contributed by atoms with E-state index in [1.54, 1.807) is 0 Å².